The van der Waals surface area contributed by atoms with Crippen LogP contribution in [0.3, 0.4) is 0 Å². The van der Waals surface area contributed by atoms with Gasteiger partial charge in [0, 0.05) is 11.4 Å². The standard InChI is InChI=1S/C18H18N2O2S/c1-2-22-17-9-7-16(8-10-17)20-18(21)13-23-12-15-6-4-3-5-14(15)11-19/h3-10H,2,12-13H2,1H3,(H,20,21). The number of carbonyl (C=O) groups excluding carboxylic acids is 1. The molecule has 1 amide bonds. The van der Waals surface area contributed by atoms with Crippen LogP contribution in [0.15, 0.2) is 48.5 Å². The van der Waals surface area contributed by atoms with Crippen LogP contribution in [0.4, 0.5) is 5.69 Å². The van der Waals surface area contributed by atoms with Gasteiger partial charge in [0.25, 0.3) is 0 Å². The van der Waals surface area contributed by atoms with Crippen molar-refractivity contribution in [2.75, 3.05) is 17.7 Å². The minimum absolute atomic E-state index is 0.0615. The second-order valence-electron chi connectivity index (χ2n) is 4.77. The zero-order valence-corrected chi connectivity index (χ0v) is 13.7. The van der Waals surface area contributed by atoms with Crippen molar-refractivity contribution in [3.05, 3.63) is 59.7 Å². The summed E-state index contributed by atoms with van der Waals surface area (Å²) in [4.78, 5) is 11.9. The Hall–Kier alpha value is -2.45. The Morgan fingerprint density at radius 3 is 2.65 bits per heavy atom. The number of carbonyl (C=O) groups is 1. The van der Waals surface area contributed by atoms with Crippen LogP contribution in [0.2, 0.25) is 0 Å². The molecule has 2 rings (SSSR count). The summed E-state index contributed by atoms with van der Waals surface area (Å²) in [6.45, 7) is 2.55. The third-order valence-corrected chi connectivity index (χ3v) is 4.06. The largest absolute Gasteiger partial charge is 0.494 e. The van der Waals surface area contributed by atoms with Crippen molar-refractivity contribution in [2.45, 2.75) is 12.7 Å². The van der Waals surface area contributed by atoms with E-state index in [4.69, 9.17) is 10.00 Å². The molecule has 0 unspecified atom stereocenters. The van der Waals surface area contributed by atoms with Crippen LogP contribution in [0, 0.1) is 11.3 Å². The highest BCUT2D eigenvalue weighted by molar-refractivity contribution is 7.99. The lowest BCUT2D eigenvalue weighted by Gasteiger charge is -2.07. The number of thioether (sulfide) groups is 1. The van der Waals surface area contributed by atoms with E-state index in [1.165, 1.54) is 11.8 Å². The molecule has 2 aromatic rings. The van der Waals surface area contributed by atoms with Gasteiger partial charge in [0.1, 0.15) is 5.75 Å². The van der Waals surface area contributed by atoms with E-state index in [9.17, 15) is 4.79 Å². The molecule has 5 heteroatoms. The molecule has 0 aliphatic rings. The van der Waals surface area contributed by atoms with Crippen LogP contribution in [0.5, 0.6) is 5.75 Å². The highest BCUT2D eigenvalue weighted by atomic mass is 32.2. The van der Waals surface area contributed by atoms with Gasteiger partial charge in [0.15, 0.2) is 0 Å². The first-order valence-electron chi connectivity index (χ1n) is 7.31. The molecule has 2 aromatic carbocycles. The Kier molecular flexibility index (Phi) is 6.52. The lowest BCUT2D eigenvalue weighted by molar-refractivity contribution is -0.113. The van der Waals surface area contributed by atoms with Crippen molar-refractivity contribution in [1.29, 1.82) is 5.26 Å². The molecule has 4 nitrogen and oxygen atoms in total. The SMILES string of the molecule is CCOc1ccc(NC(=O)CSCc2ccccc2C#N)cc1. The number of nitrogens with zero attached hydrogens (tertiary/aromatic N) is 1. The topological polar surface area (TPSA) is 62.1 Å². The number of hydrogen-bond acceptors (Lipinski definition) is 4. The average molecular weight is 326 g/mol. The molecule has 0 saturated carbocycles. The van der Waals surface area contributed by atoms with Crippen molar-refractivity contribution < 1.29 is 9.53 Å². The van der Waals surface area contributed by atoms with Crippen LogP contribution in [-0.4, -0.2) is 18.3 Å². The molecule has 0 atom stereocenters. The lowest BCUT2D eigenvalue weighted by Crippen LogP contribution is -2.14. The summed E-state index contributed by atoms with van der Waals surface area (Å²) in [6.07, 6.45) is 0. The minimum atomic E-state index is -0.0615. The molecule has 0 heterocycles. The van der Waals surface area contributed by atoms with E-state index in [1.54, 1.807) is 6.07 Å². The molecule has 0 aromatic heterocycles. The second-order valence-corrected chi connectivity index (χ2v) is 5.75. The van der Waals surface area contributed by atoms with Gasteiger partial charge in [-0.25, -0.2) is 0 Å². The van der Waals surface area contributed by atoms with Gasteiger partial charge >= 0.3 is 0 Å². The first-order valence-corrected chi connectivity index (χ1v) is 8.47. The summed E-state index contributed by atoms with van der Waals surface area (Å²) in [5, 5.41) is 11.9. The Bertz CT molecular complexity index is 693. The number of ether oxygens (including phenoxy) is 1. The van der Waals surface area contributed by atoms with Crippen molar-refractivity contribution >= 4 is 23.4 Å². The normalized spacial score (nSPS) is 9.91. The van der Waals surface area contributed by atoms with Crippen LogP contribution in [-0.2, 0) is 10.5 Å². The molecule has 0 bridgehead atoms. The molecule has 0 aliphatic heterocycles. The third kappa shape index (κ3) is 5.35. The number of rotatable bonds is 7. The number of nitriles is 1. The van der Waals surface area contributed by atoms with Gasteiger partial charge in [0.05, 0.1) is 24.0 Å². The van der Waals surface area contributed by atoms with Gasteiger partial charge in [-0.1, -0.05) is 18.2 Å². The fourth-order valence-corrected chi connectivity index (χ4v) is 2.84. The lowest BCUT2D eigenvalue weighted by atomic mass is 10.1. The zero-order valence-electron chi connectivity index (χ0n) is 12.9. The van der Waals surface area contributed by atoms with Crippen molar-refractivity contribution in [3.8, 4) is 11.8 Å². The molecule has 0 radical (unpaired) electrons. The number of anilines is 1. The maximum Gasteiger partial charge on any atom is 0.234 e. The maximum absolute atomic E-state index is 11.9. The number of nitrogens with one attached hydrogen (secondary N) is 1. The van der Waals surface area contributed by atoms with Crippen LogP contribution < -0.4 is 10.1 Å². The summed E-state index contributed by atoms with van der Waals surface area (Å²) in [6, 6.07) is 16.9. The minimum Gasteiger partial charge on any atom is -0.494 e. The number of benzene rings is 2. The van der Waals surface area contributed by atoms with Gasteiger partial charge in [-0.2, -0.15) is 5.26 Å². The Morgan fingerprint density at radius 1 is 1.22 bits per heavy atom. The van der Waals surface area contributed by atoms with Crippen molar-refractivity contribution in [2.24, 2.45) is 0 Å². The average Bonchev–Trinajstić information content (AvgIpc) is 2.57. The quantitative estimate of drug-likeness (QED) is 0.840. The van der Waals surface area contributed by atoms with E-state index in [0.29, 0.717) is 23.7 Å². The first-order chi connectivity index (χ1) is 11.2. The number of amides is 1. The summed E-state index contributed by atoms with van der Waals surface area (Å²) in [5.74, 6) is 1.70. The highest BCUT2D eigenvalue weighted by Gasteiger charge is 2.05. The van der Waals surface area contributed by atoms with E-state index in [0.717, 1.165) is 17.0 Å². The molecule has 0 aliphatic carbocycles. The monoisotopic (exact) mass is 326 g/mol. The molecule has 0 fully saturated rings. The van der Waals surface area contributed by atoms with E-state index in [1.807, 2.05) is 49.4 Å². The molecule has 0 saturated heterocycles. The predicted octanol–water partition coefficient (Wildman–Crippen LogP) is 3.83. The van der Waals surface area contributed by atoms with Crippen LogP contribution in [0.25, 0.3) is 0 Å². The fourth-order valence-electron chi connectivity index (χ4n) is 2.01. The van der Waals surface area contributed by atoms with Gasteiger partial charge in [0.2, 0.25) is 5.91 Å². The molecule has 1 N–H and O–H groups in total. The smallest absolute Gasteiger partial charge is 0.234 e. The predicted molar refractivity (Wildman–Crippen MR) is 93.6 cm³/mol. The Balaban J connectivity index is 1.80. The summed E-state index contributed by atoms with van der Waals surface area (Å²) in [5.41, 5.74) is 2.36. The van der Waals surface area contributed by atoms with E-state index < -0.39 is 0 Å². The number of hydrogen-bond donors (Lipinski definition) is 1. The van der Waals surface area contributed by atoms with Crippen LogP contribution in [0.1, 0.15) is 18.1 Å². The molecular formula is C18H18N2O2S. The van der Waals surface area contributed by atoms with Crippen molar-refractivity contribution in [1.82, 2.24) is 0 Å². The van der Waals surface area contributed by atoms with Gasteiger partial charge in [-0.3, -0.25) is 4.79 Å². The summed E-state index contributed by atoms with van der Waals surface area (Å²) in [7, 11) is 0. The van der Waals surface area contributed by atoms with Gasteiger partial charge in [-0.05, 0) is 42.8 Å². The Morgan fingerprint density at radius 2 is 1.96 bits per heavy atom. The van der Waals surface area contributed by atoms with Crippen molar-refractivity contribution in [3.63, 3.8) is 0 Å². The summed E-state index contributed by atoms with van der Waals surface area (Å²) >= 11 is 1.49. The zero-order chi connectivity index (χ0) is 16.5. The molecular weight excluding hydrogens is 308 g/mol. The maximum atomic E-state index is 11.9. The third-order valence-electron chi connectivity index (χ3n) is 3.08. The summed E-state index contributed by atoms with van der Waals surface area (Å²) < 4.78 is 5.36. The second kappa shape index (κ2) is 8.86. The first kappa shape index (κ1) is 16.9. The molecule has 0 spiro atoms. The highest BCUT2D eigenvalue weighted by Crippen LogP contribution is 2.18. The van der Waals surface area contributed by atoms with Gasteiger partial charge < -0.3 is 10.1 Å². The van der Waals surface area contributed by atoms with Crippen LogP contribution >= 0.6 is 11.8 Å². The van der Waals surface area contributed by atoms with E-state index in [2.05, 4.69) is 11.4 Å². The van der Waals surface area contributed by atoms with E-state index >= 15 is 0 Å². The fraction of sp³-hybridized carbons (Fsp3) is 0.222. The van der Waals surface area contributed by atoms with Gasteiger partial charge in [-0.15, -0.1) is 11.8 Å². The Labute approximate surface area is 140 Å². The molecule has 118 valence electrons. The molecule has 23 heavy (non-hydrogen) atoms. The van der Waals surface area contributed by atoms with E-state index in [-0.39, 0.29) is 5.91 Å².